The topological polar surface area (TPSA) is 329 Å². The third-order valence-electron chi connectivity index (χ3n) is 18.8. The molecule has 4 N–H and O–H groups in total. The van der Waals surface area contributed by atoms with Gasteiger partial charge in [0.05, 0.1) is 151 Å². The van der Waals surface area contributed by atoms with Crippen LogP contribution >= 0.6 is 82.6 Å². The summed E-state index contributed by atoms with van der Waals surface area (Å²) >= 11 is 23.5. The standard InChI is InChI=1S/C22H26ClFN3O5P.C22H27ClFN3O4P2.C22H26ClFN3O3P.C20H22ClFN3O3P/c1-4-31-33(28,32-5-2)10-6-9-30-21-12-16-19(13-20(21)29-3)25-14-26-22(16)27-15-7-8-18(24)17(23)11-15;1-30-20-12-19-16(11-21(20)31-8-5-9-33(4,29)14-32(2,3)28)22(26-13-25-19)27-15-6-7-18(24)17(23)10-15;1-4-31(28,5-2)10-6-9-30-21-12-16-19(13-20(21)29-3)25-14-26-22(16)27-15-7-8-18(24)17(23)11-15;1-27-18-11-17-14(10-19(18)28-7-4-8-29(2,3)26)20(24-12-23-17)25-13-5-6-16(22)15(21)9-13/h7-8,11-14H,4-6,9-10H2,1-3H3,(H,25,26,27);6-7,10-13H,5,8-9,14H2,1-4H3,(H,25,26,27);7-8,11-14H,4-6,9-10H2,1-3H3,(H,25,26,27);5-6,9-12H,4,7-8H2,1-3H3,(H,23,24,25). The fraction of sp³-hybridized carbons (Fsp3) is 0.349. The largest absolute Gasteiger partial charge is 0.493 e. The van der Waals surface area contributed by atoms with Crippen molar-refractivity contribution < 1.29 is 87.3 Å². The van der Waals surface area contributed by atoms with Gasteiger partial charge in [0.2, 0.25) is 0 Å². The number of benzene rings is 8. The molecule has 1 atom stereocenters. The van der Waals surface area contributed by atoms with Gasteiger partial charge in [0.15, 0.2) is 46.0 Å². The molecule has 0 aliphatic heterocycles. The zero-order valence-corrected chi connectivity index (χ0v) is 79.3. The molecule has 0 fully saturated rings. The van der Waals surface area contributed by atoms with Crippen molar-refractivity contribution in [3.05, 3.63) is 190 Å². The summed E-state index contributed by atoms with van der Waals surface area (Å²) < 4.78 is 172. The van der Waals surface area contributed by atoms with Crippen molar-refractivity contribution in [2.24, 2.45) is 0 Å². The third-order valence-corrected chi connectivity index (χ3v) is 33.3. The predicted octanol–water partition coefficient (Wildman–Crippen LogP) is 24.6. The molecule has 0 radical (unpaired) electrons. The van der Waals surface area contributed by atoms with E-state index in [1.165, 1.54) is 88.1 Å². The second-order valence-electron chi connectivity index (χ2n) is 29.4. The van der Waals surface area contributed by atoms with E-state index in [0.717, 1.165) is 0 Å². The van der Waals surface area contributed by atoms with Gasteiger partial charge >= 0.3 is 7.60 Å². The van der Waals surface area contributed by atoms with Gasteiger partial charge in [0.25, 0.3) is 0 Å². The van der Waals surface area contributed by atoms with Crippen molar-refractivity contribution in [1.82, 2.24) is 39.9 Å². The van der Waals surface area contributed by atoms with Crippen LogP contribution in [-0.2, 0) is 31.9 Å². The number of anilines is 8. The van der Waals surface area contributed by atoms with Gasteiger partial charge in [-0.15, -0.1) is 0 Å². The van der Waals surface area contributed by atoms with Crippen LogP contribution in [0.2, 0.25) is 20.1 Å². The molecule has 40 heteroatoms. The van der Waals surface area contributed by atoms with E-state index < -0.39 is 59.4 Å². The molecule has 0 bridgehead atoms. The van der Waals surface area contributed by atoms with Crippen LogP contribution in [-0.4, -0.2) is 184 Å². The van der Waals surface area contributed by atoms with Crippen LogP contribution in [0.25, 0.3) is 43.6 Å². The smallest absolute Gasteiger partial charge is 0.330 e. The number of methoxy groups -OCH3 is 4. The molecule has 8 aromatic carbocycles. The van der Waals surface area contributed by atoms with Gasteiger partial charge in [-0.3, -0.25) is 4.57 Å². The monoisotopic (exact) mass is 1910 g/mol. The Morgan fingerprint density at radius 1 is 0.333 bits per heavy atom. The van der Waals surface area contributed by atoms with E-state index >= 15 is 0 Å². The van der Waals surface area contributed by atoms with Crippen LogP contribution in [0.4, 0.5) is 63.6 Å². The highest BCUT2D eigenvalue weighted by molar-refractivity contribution is 7.79. The van der Waals surface area contributed by atoms with Crippen LogP contribution in [0.5, 0.6) is 46.0 Å². The number of rotatable bonds is 40. The van der Waals surface area contributed by atoms with Crippen LogP contribution in [0.1, 0.15) is 53.4 Å². The Balaban J connectivity index is 0.000000190. The van der Waals surface area contributed by atoms with Crippen molar-refractivity contribution in [3.8, 4) is 46.0 Å². The fourth-order valence-corrected chi connectivity index (χ4v) is 24.8. The molecule has 4 aromatic heterocycles. The van der Waals surface area contributed by atoms with Gasteiger partial charge in [-0.05, 0) is 182 Å². The highest BCUT2D eigenvalue weighted by Gasteiger charge is 2.26. The molecule has 4 heterocycles. The van der Waals surface area contributed by atoms with Crippen molar-refractivity contribution in [2.75, 3.05) is 166 Å². The maximum atomic E-state index is 13.5. The quantitative estimate of drug-likeness (QED) is 0.0157. The molecule has 0 aliphatic carbocycles. The Morgan fingerprint density at radius 3 is 0.849 bits per heavy atom. The number of hydrogen-bond acceptors (Lipinski definition) is 27. The Bertz CT molecular complexity index is 6000. The van der Waals surface area contributed by atoms with Crippen LogP contribution < -0.4 is 59.2 Å². The van der Waals surface area contributed by atoms with Crippen molar-refractivity contribution in [1.29, 1.82) is 0 Å². The SMILES string of the molecule is CCOP(=O)(CCCOc1cc2c(Nc3ccc(F)c(Cl)c3)ncnc2cc1OC)OCC.CCP(=O)(CC)CCCOc1cc2c(Nc3ccc(F)c(Cl)c3)ncnc2cc1OC.COc1cc2ncnc(Nc3ccc(F)c(Cl)c3)c2cc1OCCCP(C)(=O)CP(C)(C)=O.COc1cc2ncnc(Nc3ccc(F)c(Cl)c3)c2cc1OCCCP(C)(C)=O. The summed E-state index contributed by atoms with van der Waals surface area (Å²) in [5.41, 5.74) is 4.91. The molecular weight excluding hydrogens is 1810 g/mol. The molecule has 0 aliphatic rings. The number of fused-ring (bicyclic) bond motifs is 4. The van der Waals surface area contributed by atoms with E-state index in [1.807, 2.05) is 13.8 Å². The number of halogens is 8. The second-order valence-corrected chi connectivity index (χ2v) is 48.0. The lowest BCUT2D eigenvalue weighted by Crippen LogP contribution is -2.06. The fourth-order valence-electron chi connectivity index (χ4n) is 12.7. The highest BCUT2D eigenvalue weighted by atomic mass is 35.5. The number of nitrogens with zero attached hydrogens (tertiary/aromatic N) is 8. The Labute approximate surface area is 749 Å². The van der Waals surface area contributed by atoms with Gasteiger partial charge in [0, 0.05) is 87.0 Å². The minimum Gasteiger partial charge on any atom is -0.493 e. The molecule has 676 valence electrons. The first-order valence-electron chi connectivity index (χ1n) is 39.8. The summed E-state index contributed by atoms with van der Waals surface area (Å²) in [5.74, 6) is 4.46. The molecule has 126 heavy (non-hydrogen) atoms. The van der Waals surface area contributed by atoms with Gasteiger partial charge in [0.1, 0.15) is 71.8 Å². The first-order chi connectivity index (χ1) is 60.0. The van der Waals surface area contributed by atoms with Crippen LogP contribution in [0.3, 0.4) is 0 Å². The zero-order valence-electron chi connectivity index (χ0n) is 71.8. The summed E-state index contributed by atoms with van der Waals surface area (Å²) in [4.78, 5) is 34.4. The Hall–Kier alpha value is -9.33. The van der Waals surface area contributed by atoms with Gasteiger partial charge in [-0.2, -0.15) is 0 Å². The lowest BCUT2D eigenvalue weighted by atomic mass is 10.2. The summed E-state index contributed by atoms with van der Waals surface area (Å²) in [5, 5.41) is 15.3. The van der Waals surface area contributed by atoms with Gasteiger partial charge in [-0.1, -0.05) is 60.3 Å². The molecule has 1 unspecified atom stereocenters. The normalized spacial score (nSPS) is 12.0. The average Bonchev–Trinajstić information content (AvgIpc) is 0.804. The number of nitrogens with one attached hydrogen (secondary N) is 4. The van der Waals surface area contributed by atoms with E-state index in [0.29, 0.717) is 225 Å². The van der Waals surface area contributed by atoms with Crippen molar-refractivity contribution in [2.45, 2.75) is 53.4 Å². The van der Waals surface area contributed by atoms with Crippen LogP contribution in [0, 0.1) is 23.3 Å². The van der Waals surface area contributed by atoms with Crippen LogP contribution in [0.15, 0.2) is 147 Å². The number of aromatic nitrogens is 8. The van der Waals surface area contributed by atoms with E-state index in [4.69, 9.17) is 93.3 Å². The molecular formula is C86H101Cl4F4N12O15P5. The Kier molecular flexibility index (Phi) is 37.6. The van der Waals surface area contributed by atoms with Gasteiger partial charge in [-0.25, -0.2) is 57.4 Å². The van der Waals surface area contributed by atoms with Crippen molar-refractivity contribution >= 4 is 172 Å². The maximum Gasteiger partial charge on any atom is 0.330 e. The maximum absolute atomic E-state index is 13.5. The number of hydrogen-bond donors (Lipinski definition) is 4. The summed E-state index contributed by atoms with van der Waals surface area (Å²) in [6.45, 7) is 18.1. The summed E-state index contributed by atoms with van der Waals surface area (Å²) in [7, 11) is -5.95. The second kappa shape index (κ2) is 47.1. The summed E-state index contributed by atoms with van der Waals surface area (Å²) in [6, 6.07) is 31.4. The average molecular weight is 1920 g/mol. The molecule has 0 saturated heterocycles. The molecule has 0 saturated carbocycles. The molecule has 0 spiro atoms. The zero-order chi connectivity index (χ0) is 91.5. The van der Waals surface area contributed by atoms with Gasteiger partial charge < -0.3 is 86.5 Å². The third kappa shape index (κ3) is 29.9. The molecule has 12 aromatic rings. The summed E-state index contributed by atoms with van der Waals surface area (Å²) in [6.07, 6.45) is 11.5. The highest BCUT2D eigenvalue weighted by Crippen LogP contribution is 2.56. The van der Waals surface area contributed by atoms with E-state index in [-0.39, 0.29) is 38.8 Å². The minimum atomic E-state index is -3.13. The lowest BCUT2D eigenvalue weighted by Gasteiger charge is -2.17. The minimum absolute atomic E-state index is 0.000216. The first-order valence-corrected chi connectivity index (χ1v) is 53.4. The van der Waals surface area contributed by atoms with Crippen molar-refractivity contribution in [3.63, 3.8) is 0 Å². The van der Waals surface area contributed by atoms with E-state index in [1.54, 1.807) is 134 Å². The number of ether oxygens (including phenoxy) is 8. The molecule has 0 amide bonds. The van der Waals surface area contributed by atoms with E-state index in [2.05, 4.69) is 61.1 Å². The predicted molar refractivity (Wildman–Crippen MR) is 500 cm³/mol. The molecule has 12 rings (SSSR count). The lowest BCUT2D eigenvalue weighted by molar-refractivity contribution is 0.216. The van der Waals surface area contributed by atoms with E-state index in [9.17, 15) is 40.4 Å². The molecule has 27 nitrogen and oxygen atoms in total. The Morgan fingerprint density at radius 2 is 0.603 bits per heavy atom. The first kappa shape index (κ1) is 100.